The Kier molecular flexibility index (Phi) is 6.05. The number of para-hydroxylation sites is 2. The third-order valence-electron chi connectivity index (χ3n) is 3.76. The minimum Gasteiger partial charge on any atom is -0.489 e. The van der Waals surface area contributed by atoms with E-state index >= 15 is 0 Å². The molecule has 0 saturated heterocycles. The second-order valence-electron chi connectivity index (χ2n) is 5.67. The number of carbonyl (C=O) groups excluding carboxylic acids is 1. The fraction of sp³-hybridized carbons (Fsp3) is 0.263. The molecule has 7 heteroatoms. The van der Waals surface area contributed by atoms with Gasteiger partial charge >= 0.3 is 6.03 Å². The van der Waals surface area contributed by atoms with Gasteiger partial charge in [0.25, 0.3) is 0 Å². The monoisotopic (exact) mass is 354 g/mol. The lowest BCUT2D eigenvalue weighted by atomic mass is 10.3. The van der Waals surface area contributed by atoms with Gasteiger partial charge in [-0.3, -0.25) is 0 Å². The van der Waals surface area contributed by atoms with Crippen molar-refractivity contribution in [3.8, 4) is 5.75 Å². The third kappa shape index (κ3) is 4.73. The van der Waals surface area contributed by atoms with Crippen LogP contribution in [0.3, 0.4) is 0 Å². The summed E-state index contributed by atoms with van der Waals surface area (Å²) in [5, 5.41) is 5.65. The second-order valence-corrected chi connectivity index (χ2v) is 5.67. The molecule has 2 amide bonds. The SMILES string of the molecule is COCCOc1ccccc1NC(=O)NCCc1cn2ccccc2n1. The van der Waals surface area contributed by atoms with E-state index in [0.29, 0.717) is 37.6 Å². The smallest absolute Gasteiger partial charge is 0.319 e. The molecule has 2 aromatic heterocycles. The Labute approximate surface area is 152 Å². The molecule has 26 heavy (non-hydrogen) atoms. The van der Waals surface area contributed by atoms with E-state index in [1.165, 1.54) is 0 Å². The highest BCUT2D eigenvalue weighted by Crippen LogP contribution is 2.23. The van der Waals surface area contributed by atoms with E-state index in [4.69, 9.17) is 9.47 Å². The van der Waals surface area contributed by atoms with Gasteiger partial charge in [-0.15, -0.1) is 0 Å². The summed E-state index contributed by atoms with van der Waals surface area (Å²) in [6, 6.07) is 12.9. The van der Waals surface area contributed by atoms with Crippen LogP contribution in [-0.2, 0) is 11.2 Å². The predicted octanol–water partition coefficient (Wildman–Crippen LogP) is 2.72. The highest BCUT2D eigenvalue weighted by molar-refractivity contribution is 5.90. The fourth-order valence-electron chi connectivity index (χ4n) is 2.51. The second kappa shape index (κ2) is 8.87. The Hall–Kier alpha value is -3.06. The molecule has 0 aliphatic heterocycles. The van der Waals surface area contributed by atoms with Crippen LogP contribution < -0.4 is 15.4 Å². The molecule has 0 unspecified atom stereocenters. The van der Waals surface area contributed by atoms with Crippen LogP contribution in [0.5, 0.6) is 5.75 Å². The van der Waals surface area contributed by atoms with Crippen molar-refractivity contribution < 1.29 is 14.3 Å². The molecule has 2 heterocycles. The molecule has 0 aliphatic rings. The van der Waals surface area contributed by atoms with Crippen LogP contribution in [0, 0.1) is 0 Å². The molecule has 1 aromatic carbocycles. The summed E-state index contributed by atoms with van der Waals surface area (Å²) in [4.78, 5) is 16.6. The first-order chi connectivity index (χ1) is 12.8. The van der Waals surface area contributed by atoms with Crippen LogP contribution in [0.15, 0.2) is 54.9 Å². The first-order valence-electron chi connectivity index (χ1n) is 8.44. The van der Waals surface area contributed by atoms with Crippen molar-refractivity contribution in [1.29, 1.82) is 0 Å². The maximum absolute atomic E-state index is 12.1. The van der Waals surface area contributed by atoms with Crippen LogP contribution >= 0.6 is 0 Å². The summed E-state index contributed by atoms with van der Waals surface area (Å²) < 4.78 is 12.5. The summed E-state index contributed by atoms with van der Waals surface area (Å²) >= 11 is 0. The lowest BCUT2D eigenvalue weighted by Crippen LogP contribution is -2.30. The fourth-order valence-corrected chi connectivity index (χ4v) is 2.51. The number of hydrogen-bond acceptors (Lipinski definition) is 4. The van der Waals surface area contributed by atoms with Crippen molar-refractivity contribution in [2.75, 3.05) is 32.2 Å². The van der Waals surface area contributed by atoms with Crippen molar-refractivity contribution in [2.45, 2.75) is 6.42 Å². The Balaban J connectivity index is 1.49. The average Bonchev–Trinajstić information content (AvgIpc) is 3.06. The van der Waals surface area contributed by atoms with E-state index < -0.39 is 0 Å². The van der Waals surface area contributed by atoms with Gasteiger partial charge in [-0.1, -0.05) is 18.2 Å². The Morgan fingerprint density at radius 2 is 2.00 bits per heavy atom. The molecule has 0 aliphatic carbocycles. The average molecular weight is 354 g/mol. The molecule has 3 rings (SSSR count). The summed E-state index contributed by atoms with van der Waals surface area (Å²) in [5.41, 5.74) is 2.45. The van der Waals surface area contributed by atoms with Gasteiger partial charge in [-0.2, -0.15) is 0 Å². The minimum atomic E-state index is -0.281. The highest BCUT2D eigenvalue weighted by Gasteiger charge is 2.08. The van der Waals surface area contributed by atoms with Gasteiger partial charge in [0.05, 0.1) is 18.0 Å². The maximum Gasteiger partial charge on any atom is 0.319 e. The zero-order valence-corrected chi connectivity index (χ0v) is 14.6. The van der Waals surface area contributed by atoms with Crippen molar-refractivity contribution in [2.24, 2.45) is 0 Å². The molecule has 2 N–H and O–H groups in total. The molecule has 7 nitrogen and oxygen atoms in total. The maximum atomic E-state index is 12.1. The van der Waals surface area contributed by atoms with E-state index in [-0.39, 0.29) is 6.03 Å². The molecule has 0 bridgehead atoms. The largest absolute Gasteiger partial charge is 0.489 e. The number of anilines is 1. The quantitative estimate of drug-likeness (QED) is 0.610. The van der Waals surface area contributed by atoms with E-state index in [9.17, 15) is 4.79 Å². The summed E-state index contributed by atoms with van der Waals surface area (Å²) in [6.45, 7) is 1.40. The molecular weight excluding hydrogens is 332 g/mol. The minimum absolute atomic E-state index is 0.281. The summed E-state index contributed by atoms with van der Waals surface area (Å²) in [7, 11) is 1.62. The van der Waals surface area contributed by atoms with Gasteiger partial charge in [0, 0.05) is 32.5 Å². The molecular formula is C19H22N4O3. The van der Waals surface area contributed by atoms with Crippen LogP contribution in [0.2, 0.25) is 0 Å². The lowest BCUT2D eigenvalue weighted by Gasteiger charge is -2.12. The Morgan fingerprint density at radius 1 is 1.15 bits per heavy atom. The summed E-state index contributed by atoms with van der Waals surface area (Å²) in [5.74, 6) is 0.611. The van der Waals surface area contributed by atoms with E-state index in [0.717, 1.165) is 11.3 Å². The number of imidazole rings is 1. The number of pyridine rings is 1. The van der Waals surface area contributed by atoms with Crippen LogP contribution in [0.25, 0.3) is 5.65 Å². The third-order valence-corrected chi connectivity index (χ3v) is 3.76. The van der Waals surface area contributed by atoms with Gasteiger partial charge in [-0.05, 0) is 24.3 Å². The lowest BCUT2D eigenvalue weighted by molar-refractivity contribution is 0.146. The molecule has 136 valence electrons. The molecule has 3 aromatic rings. The van der Waals surface area contributed by atoms with E-state index in [1.807, 2.05) is 53.2 Å². The number of urea groups is 1. The van der Waals surface area contributed by atoms with E-state index in [1.54, 1.807) is 13.2 Å². The van der Waals surface area contributed by atoms with Crippen molar-refractivity contribution in [3.63, 3.8) is 0 Å². The number of nitrogens with zero attached hydrogens (tertiary/aromatic N) is 2. The number of rotatable bonds is 8. The number of ether oxygens (including phenoxy) is 2. The number of methoxy groups -OCH3 is 1. The molecule has 0 saturated carbocycles. The highest BCUT2D eigenvalue weighted by atomic mass is 16.5. The molecule has 0 spiro atoms. The van der Waals surface area contributed by atoms with Gasteiger partial charge in [0.1, 0.15) is 18.0 Å². The van der Waals surface area contributed by atoms with Gasteiger partial charge < -0.3 is 24.5 Å². The number of hydrogen-bond donors (Lipinski definition) is 2. The normalized spacial score (nSPS) is 10.7. The standard InChI is InChI=1S/C19H22N4O3/c1-25-12-13-26-17-7-3-2-6-16(17)22-19(24)20-10-9-15-14-23-11-5-4-8-18(23)21-15/h2-8,11,14H,9-10,12-13H2,1H3,(H2,20,22,24). The topological polar surface area (TPSA) is 76.9 Å². The van der Waals surface area contributed by atoms with Crippen molar-refractivity contribution in [3.05, 3.63) is 60.6 Å². The zero-order valence-electron chi connectivity index (χ0n) is 14.6. The van der Waals surface area contributed by atoms with Gasteiger partial charge in [0.2, 0.25) is 0 Å². The number of carbonyl (C=O) groups is 1. The number of fused-ring (bicyclic) bond motifs is 1. The van der Waals surface area contributed by atoms with Crippen LogP contribution in [-0.4, -0.2) is 42.3 Å². The zero-order chi connectivity index (χ0) is 18.2. The molecule has 0 fully saturated rings. The predicted molar refractivity (Wildman–Crippen MR) is 99.7 cm³/mol. The van der Waals surface area contributed by atoms with Gasteiger partial charge in [0.15, 0.2) is 0 Å². The number of benzene rings is 1. The Bertz CT molecular complexity index is 830. The first-order valence-corrected chi connectivity index (χ1v) is 8.44. The molecule has 0 radical (unpaired) electrons. The number of nitrogens with one attached hydrogen (secondary N) is 2. The number of aromatic nitrogens is 2. The molecule has 0 atom stereocenters. The van der Waals surface area contributed by atoms with Crippen LogP contribution in [0.4, 0.5) is 10.5 Å². The van der Waals surface area contributed by atoms with Crippen molar-refractivity contribution in [1.82, 2.24) is 14.7 Å². The number of amides is 2. The summed E-state index contributed by atoms with van der Waals surface area (Å²) in [6.07, 6.45) is 4.57. The van der Waals surface area contributed by atoms with Gasteiger partial charge in [-0.25, -0.2) is 9.78 Å². The Morgan fingerprint density at radius 3 is 2.85 bits per heavy atom. The van der Waals surface area contributed by atoms with Crippen molar-refractivity contribution >= 4 is 17.4 Å². The van der Waals surface area contributed by atoms with E-state index in [2.05, 4.69) is 15.6 Å². The first kappa shape index (κ1) is 17.8. The van der Waals surface area contributed by atoms with Crippen LogP contribution in [0.1, 0.15) is 5.69 Å².